The van der Waals surface area contributed by atoms with E-state index in [-0.39, 0.29) is 33.6 Å². The number of alkyl halides is 1. The molecule has 0 unspecified atom stereocenters. The molecule has 0 amide bonds. The van der Waals surface area contributed by atoms with Crippen molar-refractivity contribution >= 4 is 21.7 Å². The van der Waals surface area contributed by atoms with Gasteiger partial charge in [0.1, 0.15) is 0 Å². The Bertz CT molecular complexity index is 573. The molecule has 2 N–H and O–H groups in total. The Morgan fingerprint density at radius 1 is 1.13 bits per heavy atom. The second-order valence-corrected chi connectivity index (χ2v) is 9.92. The highest BCUT2D eigenvalue weighted by molar-refractivity contribution is 9.10. The van der Waals surface area contributed by atoms with E-state index in [0.29, 0.717) is 18.1 Å². The van der Waals surface area contributed by atoms with E-state index in [2.05, 4.69) is 29.8 Å². The number of Topliss-reactive ketones (excluding diaryl/α,β-unsaturated/α-hetero) is 1. The lowest BCUT2D eigenvalue weighted by Crippen LogP contribution is -2.54. The van der Waals surface area contributed by atoms with E-state index in [1.165, 1.54) is 5.57 Å². The smallest absolute Gasteiger partial charge is 0.152 e. The zero-order chi connectivity index (χ0) is 16.6. The number of carbonyl (C=O) groups excluding carboxylic acids is 1. The van der Waals surface area contributed by atoms with E-state index >= 15 is 0 Å². The highest BCUT2D eigenvalue weighted by Crippen LogP contribution is 2.64. The SMILES string of the molecule is C[C@]12CC[C@@H](O)CC1=C[C@H](O)[C@@H]1[C@@H]2CC[C@]2(C)C(=O)[C@H](Br)C[C@@H]12. The standard InChI is InChI=1S/C19H27BrO3/c1-18-5-3-11(21)7-10(18)8-15(22)16-12(18)4-6-19(2)13(16)9-14(20)17(19)23/h8,11-16,21-22H,3-7,9H2,1-2H3/t11-,12+,13+,14-,15+,16-,18+,19+/m1/s1. The molecule has 0 bridgehead atoms. The first kappa shape index (κ1) is 16.3. The lowest BCUT2D eigenvalue weighted by Gasteiger charge is -2.57. The van der Waals surface area contributed by atoms with Gasteiger partial charge >= 0.3 is 0 Å². The van der Waals surface area contributed by atoms with Crippen molar-refractivity contribution in [3.8, 4) is 0 Å². The summed E-state index contributed by atoms with van der Waals surface area (Å²) in [6.07, 6.45) is 6.69. The summed E-state index contributed by atoms with van der Waals surface area (Å²) in [5, 5.41) is 20.9. The van der Waals surface area contributed by atoms with E-state index in [1.807, 2.05) is 6.08 Å². The molecule has 0 aliphatic heterocycles. The van der Waals surface area contributed by atoms with Crippen LogP contribution in [0.15, 0.2) is 11.6 Å². The maximum absolute atomic E-state index is 12.7. The number of hydrogen-bond donors (Lipinski definition) is 2. The van der Waals surface area contributed by atoms with Crippen LogP contribution in [0.4, 0.5) is 0 Å². The molecule has 3 saturated carbocycles. The van der Waals surface area contributed by atoms with Crippen LogP contribution < -0.4 is 0 Å². The van der Waals surface area contributed by atoms with E-state index in [1.54, 1.807) is 0 Å². The highest BCUT2D eigenvalue weighted by atomic mass is 79.9. The molecule has 0 aromatic rings. The summed E-state index contributed by atoms with van der Waals surface area (Å²) in [6, 6.07) is 0. The number of ketones is 1. The molecule has 3 nitrogen and oxygen atoms in total. The summed E-state index contributed by atoms with van der Waals surface area (Å²) in [4.78, 5) is 12.6. The van der Waals surface area contributed by atoms with Crippen LogP contribution in [-0.2, 0) is 4.79 Å². The Kier molecular flexibility index (Phi) is 3.65. The maximum Gasteiger partial charge on any atom is 0.152 e. The van der Waals surface area contributed by atoms with Gasteiger partial charge in [0.05, 0.1) is 17.0 Å². The van der Waals surface area contributed by atoms with Crippen molar-refractivity contribution in [3.05, 3.63) is 11.6 Å². The molecule has 3 fully saturated rings. The molecule has 23 heavy (non-hydrogen) atoms. The van der Waals surface area contributed by atoms with Gasteiger partial charge in [-0.2, -0.15) is 0 Å². The van der Waals surface area contributed by atoms with Crippen LogP contribution in [0.25, 0.3) is 0 Å². The van der Waals surface area contributed by atoms with Crippen molar-refractivity contribution in [1.82, 2.24) is 0 Å². The van der Waals surface area contributed by atoms with Crippen molar-refractivity contribution in [2.75, 3.05) is 0 Å². The Morgan fingerprint density at radius 2 is 1.83 bits per heavy atom. The molecule has 0 aromatic carbocycles. The molecule has 0 aromatic heterocycles. The summed E-state index contributed by atoms with van der Waals surface area (Å²) in [5.41, 5.74) is 1.08. The van der Waals surface area contributed by atoms with E-state index < -0.39 is 6.10 Å². The average Bonchev–Trinajstić information content (AvgIpc) is 2.73. The van der Waals surface area contributed by atoms with Crippen molar-refractivity contribution in [1.29, 1.82) is 0 Å². The Hall–Kier alpha value is -0.190. The van der Waals surface area contributed by atoms with Gasteiger partial charge < -0.3 is 10.2 Å². The van der Waals surface area contributed by atoms with Crippen molar-refractivity contribution in [2.45, 2.75) is 69.4 Å². The van der Waals surface area contributed by atoms with Gasteiger partial charge in [-0.25, -0.2) is 0 Å². The molecular weight excluding hydrogens is 356 g/mol. The second-order valence-electron chi connectivity index (χ2n) is 8.81. The monoisotopic (exact) mass is 382 g/mol. The first-order valence-electron chi connectivity index (χ1n) is 9.03. The van der Waals surface area contributed by atoms with Gasteiger partial charge in [0.15, 0.2) is 5.78 Å². The molecule has 4 heteroatoms. The minimum absolute atomic E-state index is 0.0465. The number of carbonyl (C=O) groups is 1. The second kappa shape index (κ2) is 5.15. The Balaban J connectivity index is 1.75. The Labute approximate surface area is 146 Å². The number of aliphatic hydroxyl groups excluding tert-OH is 2. The number of halogens is 1. The summed E-state index contributed by atoms with van der Waals surface area (Å²) < 4.78 is 0. The quantitative estimate of drug-likeness (QED) is 0.499. The lowest BCUT2D eigenvalue weighted by molar-refractivity contribution is -0.135. The molecular formula is C19H27BrO3. The molecule has 0 saturated heterocycles. The highest BCUT2D eigenvalue weighted by Gasteiger charge is 2.62. The normalized spacial score (nSPS) is 55.7. The molecule has 0 heterocycles. The first-order valence-corrected chi connectivity index (χ1v) is 9.94. The summed E-state index contributed by atoms with van der Waals surface area (Å²) >= 11 is 3.58. The Morgan fingerprint density at radius 3 is 2.57 bits per heavy atom. The fraction of sp³-hybridized carbons (Fsp3) is 0.842. The maximum atomic E-state index is 12.7. The minimum atomic E-state index is -0.469. The molecule has 4 aliphatic carbocycles. The third-order valence-corrected chi connectivity index (χ3v) is 8.59. The van der Waals surface area contributed by atoms with Gasteiger partial charge in [-0.3, -0.25) is 4.79 Å². The van der Waals surface area contributed by atoms with Gasteiger partial charge in [0.2, 0.25) is 0 Å². The third-order valence-electron chi connectivity index (χ3n) is 7.80. The lowest BCUT2D eigenvalue weighted by atomic mass is 9.47. The summed E-state index contributed by atoms with van der Waals surface area (Å²) in [5.74, 6) is 1.24. The van der Waals surface area contributed by atoms with E-state index in [4.69, 9.17) is 0 Å². The van der Waals surface area contributed by atoms with Gasteiger partial charge in [0, 0.05) is 5.41 Å². The fourth-order valence-electron chi connectivity index (χ4n) is 6.38. The van der Waals surface area contributed by atoms with Crippen LogP contribution in [0.5, 0.6) is 0 Å². The average molecular weight is 383 g/mol. The van der Waals surface area contributed by atoms with Crippen LogP contribution in [0.2, 0.25) is 0 Å². The van der Waals surface area contributed by atoms with Crippen molar-refractivity contribution < 1.29 is 15.0 Å². The predicted molar refractivity (Wildman–Crippen MR) is 92.2 cm³/mol. The van der Waals surface area contributed by atoms with Gasteiger partial charge in [-0.05, 0) is 61.7 Å². The van der Waals surface area contributed by atoms with Crippen molar-refractivity contribution in [2.24, 2.45) is 28.6 Å². The van der Waals surface area contributed by atoms with Crippen LogP contribution in [0, 0.1) is 28.6 Å². The van der Waals surface area contributed by atoms with Gasteiger partial charge in [-0.1, -0.05) is 41.4 Å². The molecule has 4 rings (SSSR count). The fourth-order valence-corrected chi connectivity index (χ4v) is 7.31. The first-order chi connectivity index (χ1) is 10.8. The van der Waals surface area contributed by atoms with Gasteiger partial charge in [0.25, 0.3) is 0 Å². The number of fused-ring (bicyclic) bond motifs is 5. The van der Waals surface area contributed by atoms with Crippen LogP contribution in [-0.4, -0.2) is 33.0 Å². The van der Waals surface area contributed by atoms with Crippen LogP contribution >= 0.6 is 15.9 Å². The third kappa shape index (κ3) is 2.10. The molecule has 0 radical (unpaired) electrons. The summed E-state index contributed by atoms with van der Waals surface area (Å²) in [7, 11) is 0. The molecule has 8 atom stereocenters. The van der Waals surface area contributed by atoms with Crippen molar-refractivity contribution in [3.63, 3.8) is 0 Å². The topological polar surface area (TPSA) is 57.5 Å². The predicted octanol–water partition coefficient (Wildman–Crippen LogP) is 3.22. The van der Waals surface area contributed by atoms with Crippen LogP contribution in [0.1, 0.15) is 52.4 Å². The number of rotatable bonds is 0. The number of hydrogen-bond acceptors (Lipinski definition) is 3. The molecule has 128 valence electrons. The van der Waals surface area contributed by atoms with Crippen LogP contribution in [0.3, 0.4) is 0 Å². The van der Waals surface area contributed by atoms with Gasteiger partial charge in [-0.15, -0.1) is 0 Å². The molecule has 0 spiro atoms. The molecule has 4 aliphatic rings. The zero-order valence-corrected chi connectivity index (χ0v) is 15.6. The summed E-state index contributed by atoms with van der Waals surface area (Å²) in [6.45, 7) is 4.45. The minimum Gasteiger partial charge on any atom is -0.393 e. The van der Waals surface area contributed by atoms with E-state index in [0.717, 1.165) is 32.1 Å². The number of aliphatic hydroxyl groups is 2. The largest absolute Gasteiger partial charge is 0.393 e. The van der Waals surface area contributed by atoms with E-state index in [9.17, 15) is 15.0 Å². The zero-order valence-electron chi connectivity index (χ0n) is 14.0.